The maximum absolute atomic E-state index is 12.5. The van der Waals surface area contributed by atoms with Crippen molar-refractivity contribution in [3.8, 4) is 11.3 Å². The molecule has 2 amide bonds. The first kappa shape index (κ1) is 17.0. The first-order chi connectivity index (χ1) is 13.1. The number of nitrogens with zero attached hydrogens (tertiary/aromatic N) is 4. The van der Waals surface area contributed by atoms with Gasteiger partial charge < -0.3 is 14.6 Å². The summed E-state index contributed by atoms with van der Waals surface area (Å²) in [5.41, 5.74) is 2.21. The van der Waals surface area contributed by atoms with E-state index in [4.69, 9.17) is 4.42 Å². The van der Waals surface area contributed by atoms with E-state index in [-0.39, 0.29) is 17.9 Å². The van der Waals surface area contributed by atoms with Crippen molar-refractivity contribution in [1.82, 2.24) is 25.2 Å². The largest absolute Gasteiger partial charge is 0.472 e. The van der Waals surface area contributed by atoms with Gasteiger partial charge in [0.2, 0.25) is 5.91 Å². The lowest BCUT2D eigenvalue weighted by Crippen LogP contribution is -2.56. The zero-order valence-corrected chi connectivity index (χ0v) is 14.8. The fourth-order valence-corrected chi connectivity index (χ4v) is 3.01. The van der Waals surface area contributed by atoms with Crippen LogP contribution in [0, 0.1) is 0 Å². The third-order valence-electron chi connectivity index (χ3n) is 4.63. The third-order valence-corrected chi connectivity index (χ3v) is 4.63. The van der Waals surface area contributed by atoms with E-state index >= 15 is 0 Å². The van der Waals surface area contributed by atoms with Crippen molar-refractivity contribution in [3.05, 3.63) is 60.7 Å². The van der Waals surface area contributed by atoms with Gasteiger partial charge in [-0.25, -0.2) is 4.68 Å². The predicted octanol–water partition coefficient (Wildman–Crippen LogP) is 1.74. The lowest BCUT2D eigenvalue weighted by molar-refractivity contribution is -0.138. The molecule has 0 bridgehead atoms. The SMILES string of the molecule is CC(NC(=O)c1ccoc1)C(=O)N1CC(n2cc(-c3ccccc3)nn2)C1. The van der Waals surface area contributed by atoms with Crippen molar-refractivity contribution in [2.24, 2.45) is 0 Å². The molecule has 1 saturated heterocycles. The first-order valence-corrected chi connectivity index (χ1v) is 8.71. The van der Waals surface area contributed by atoms with Gasteiger partial charge in [-0.05, 0) is 13.0 Å². The number of hydrogen-bond acceptors (Lipinski definition) is 5. The molecule has 0 saturated carbocycles. The minimum Gasteiger partial charge on any atom is -0.472 e. The van der Waals surface area contributed by atoms with Crippen LogP contribution in [0.25, 0.3) is 11.3 Å². The van der Waals surface area contributed by atoms with E-state index in [9.17, 15) is 9.59 Å². The molecule has 1 aliphatic rings. The Bertz CT molecular complexity index is 929. The van der Waals surface area contributed by atoms with Crippen LogP contribution in [-0.4, -0.2) is 50.8 Å². The van der Waals surface area contributed by atoms with Gasteiger partial charge in [0.15, 0.2) is 0 Å². The van der Waals surface area contributed by atoms with E-state index in [0.717, 1.165) is 11.3 Å². The average molecular weight is 365 g/mol. The smallest absolute Gasteiger partial charge is 0.255 e. The molecule has 0 radical (unpaired) electrons. The van der Waals surface area contributed by atoms with E-state index < -0.39 is 6.04 Å². The molecule has 2 aromatic heterocycles. The van der Waals surface area contributed by atoms with Crippen LogP contribution >= 0.6 is 0 Å². The van der Waals surface area contributed by atoms with E-state index in [0.29, 0.717) is 18.7 Å². The van der Waals surface area contributed by atoms with Gasteiger partial charge in [0.1, 0.15) is 18.0 Å². The highest BCUT2D eigenvalue weighted by molar-refractivity contribution is 5.97. The van der Waals surface area contributed by atoms with Crippen molar-refractivity contribution in [2.45, 2.75) is 19.0 Å². The molecule has 8 heteroatoms. The minimum absolute atomic E-state index is 0.0932. The van der Waals surface area contributed by atoms with Crippen LogP contribution in [0.5, 0.6) is 0 Å². The molecule has 1 fully saturated rings. The Balaban J connectivity index is 1.32. The number of furan rings is 1. The van der Waals surface area contributed by atoms with Crippen LogP contribution in [0.2, 0.25) is 0 Å². The maximum Gasteiger partial charge on any atom is 0.255 e. The lowest BCUT2D eigenvalue weighted by atomic mass is 10.1. The number of rotatable bonds is 5. The molecule has 1 atom stereocenters. The fraction of sp³-hybridized carbons (Fsp3) is 0.263. The van der Waals surface area contributed by atoms with Crippen molar-refractivity contribution in [1.29, 1.82) is 0 Å². The summed E-state index contributed by atoms with van der Waals surface area (Å²) in [6, 6.07) is 10.9. The van der Waals surface area contributed by atoms with Crippen molar-refractivity contribution < 1.29 is 14.0 Å². The summed E-state index contributed by atoms with van der Waals surface area (Å²) in [4.78, 5) is 26.2. The van der Waals surface area contributed by atoms with Gasteiger partial charge in [0, 0.05) is 18.7 Å². The molecule has 0 spiro atoms. The summed E-state index contributed by atoms with van der Waals surface area (Å²) in [7, 11) is 0. The van der Waals surface area contributed by atoms with Gasteiger partial charge in [-0.2, -0.15) is 0 Å². The molecule has 8 nitrogen and oxygen atoms in total. The second-order valence-corrected chi connectivity index (χ2v) is 6.55. The maximum atomic E-state index is 12.5. The van der Waals surface area contributed by atoms with E-state index in [1.165, 1.54) is 12.5 Å². The van der Waals surface area contributed by atoms with Crippen molar-refractivity contribution >= 4 is 11.8 Å². The quantitative estimate of drug-likeness (QED) is 0.743. The Morgan fingerprint density at radius 2 is 2.00 bits per heavy atom. The van der Waals surface area contributed by atoms with Crippen LogP contribution in [0.4, 0.5) is 0 Å². The van der Waals surface area contributed by atoms with Gasteiger partial charge in [0.05, 0.1) is 24.1 Å². The van der Waals surface area contributed by atoms with Crippen LogP contribution in [0.3, 0.4) is 0 Å². The standard InChI is InChI=1S/C19H19N5O3/c1-13(20-18(25)15-7-8-27-12-15)19(26)23-9-16(10-23)24-11-17(21-22-24)14-5-3-2-4-6-14/h2-8,11-13,16H,9-10H2,1H3,(H,20,25). The number of nitrogens with one attached hydrogen (secondary N) is 1. The first-order valence-electron chi connectivity index (χ1n) is 8.71. The summed E-state index contributed by atoms with van der Waals surface area (Å²) in [6.45, 7) is 2.77. The normalized spacial score (nSPS) is 15.2. The van der Waals surface area contributed by atoms with Crippen LogP contribution in [-0.2, 0) is 4.79 Å². The topological polar surface area (TPSA) is 93.3 Å². The number of benzene rings is 1. The van der Waals surface area contributed by atoms with Gasteiger partial charge in [0.25, 0.3) is 5.91 Å². The molecule has 3 heterocycles. The molecule has 4 rings (SSSR count). The molecular weight excluding hydrogens is 346 g/mol. The number of hydrogen-bond donors (Lipinski definition) is 1. The Hall–Kier alpha value is -3.42. The van der Waals surface area contributed by atoms with Crippen molar-refractivity contribution in [3.63, 3.8) is 0 Å². The third kappa shape index (κ3) is 3.46. The molecule has 138 valence electrons. The molecule has 0 aliphatic carbocycles. The zero-order valence-electron chi connectivity index (χ0n) is 14.8. The summed E-state index contributed by atoms with van der Waals surface area (Å²) >= 11 is 0. The number of aromatic nitrogens is 3. The van der Waals surface area contributed by atoms with Gasteiger partial charge >= 0.3 is 0 Å². The number of amides is 2. The summed E-state index contributed by atoms with van der Waals surface area (Å²) < 4.78 is 6.68. The predicted molar refractivity (Wildman–Crippen MR) is 96.7 cm³/mol. The highest BCUT2D eigenvalue weighted by Gasteiger charge is 2.35. The van der Waals surface area contributed by atoms with Gasteiger partial charge in [-0.15, -0.1) is 5.10 Å². The monoisotopic (exact) mass is 365 g/mol. The number of carbonyl (C=O) groups excluding carboxylic acids is 2. The van der Waals surface area contributed by atoms with Crippen LogP contribution in [0.15, 0.2) is 59.5 Å². The van der Waals surface area contributed by atoms with E-state index in [2.05, 4.69) is 15.6 Å². The number of likely N-dealkylation sites (tertiary alicyclic amines) is 1. The second-order valence-electron chi connectivity index (χ2n) is 6.55. The summed E-state index contributed by atoms with van der Waals surface area (Å²) in [5.74, 6) is -0.447. The molecule has 1 unspecified atom stereocenters. The summed E-state index contributed by atoms with van der Waals surface area (Å²) in [5, 5.41) is 11.1. The molecule has 27 heavy (non-hydrogen) atoms. The van der Waals surface area contributed by atoms with Gasteiger partial charge in [-0.1, -0.05) is 35.5 Å². The molecule has 1 N–H and O–H groups in total. The average Bonchev–Trinajstić information content (AvgIpc) is 3.33. The highest BCUT2D eigenvalue weighted by Crippen LogP contribution is 2.23. The fourth-order valence-electron chi connectivity index (χ4n) is 3.01. The van der Waals surface area contributed by atoms with Crippen LogP contribution < -0.4 is 5.32 Å². The Morgan fingerprint density at radius 3 is 2.70 bits per heavy atom. The molecule has 1 aromatic carbocycles. The van der Waals surface area contributed by atoms with Gasteiger partial charge in [-0.3, -0.25) is 9.59 Å². The Morgan fingerprint density at radius 1 is 1.22 bits per heavy atom. The van der Waals surface area contributed by atoms with Crippen LogP contribution in [0.1, 0.15) is 23.3 Å². The summed E-state index contributed by atoms with van der Waals surface area (Å²) in [6.07, 6.45) is 4.66. The minimum atomic E-state index is -0.607. The highest BCUT2D eigenvalue weighted by atomic mass is 16.3. The van der Waals surface area contributed by atoms with Crippen molar-refractivity contribution in [2.75, 3.05) is 13.1 Å². The number of carbonyl (C=O) groups is 2. The van der Waals surface area contributed by atoms with E-state index in [1.54, 1.807) is 22.6 Å². The Labute approximate surface area is 155 Å². The molecule has 1 aliphatic heterocycles. The zero-order chi connectivity index (χ0) is 18.8. The Kier molecular flexibility index (Phi) is 4.45. The van der Waals surface area contributed by atoms with E-state index in [1.807, 2.05) is 36.5 Å². The molecular formula is C19H19N5O3. The molecule has 3 aromatic rings. The second kappa shape index (κ2) is 7.06. The lowest BCUT2D eigenvalue weighted by Gasteiger charge is -2.40.